The van der Waals surface area contributed by atoms with Crippen molar-refractivity contribution in [3.63, 3.8) is 0 Å². The highest BCUT2D eigenvalue weighted by atomic mass is 32.2. The molecular formula is C19H22N2O4S. The molecule has 138 valence electrons. The van der Waals surface area contributed by atoms with Crippen LogP contribution in [0.3, 0.4) is 0 Å². The van der Waals surface area contributed by atoms with Crippen LogP contribution in [-0.4, -0.2) is 32.6 Å². The van der Waals surface area contributed by atoms with Crippen LogP contribution in [0.25, 0.3) is 0 Å². The van der Waals surface area contributed by atoms with E-state index in [1.165, 1.54) is 12.1 Å². The Balaban J connectivity index is 1.99. The number of hydrogen-bond acceptors (Lipinski definition) is 4. The molecule has 1 fully saturated rings. The van der Waals surface area contributed by atoms with Gasteiger partial charge in [0.2, 0.25) is 10.0 Å². The summed E-state index contributed by atoms with van der Waals surface area (Å²) in [7, 11) is -3.89. The van der Waals surface area contributed by atoms with E-state index < -0.39 is 22.0 Å². The number of nitrogens with zero attached hydrogens (tertiary/aromatic N) is 1. The van der Waals surface area contributed by atoms with Gasteiger partial charge in [-0.05, 0) is 43.5 Å². The van der Waals surface area contributed by atoms with E-state index in [2.05, 4.69) is 4.72 Å². The largest absolute Gasteiger partial charge is 0.478 e. The third-order valence-electron chi connectivity index (χ3n) is 4.57. The highest BCUT2D eigenvalue weighted by Crippen LogP contribution is 2.30. The zero-order valence-corrected chi connectivity index (χ0v) is 15.4. The lowest BCUT2D eigenvalue weighted by atomic mass is 10.1. The van der Waals surface area contributed by atoms with Gasteiger partial charge in [0.25, 0.3) is 0 Å². The number of rotatable bonds is 6. The zero-order valence-electron chi connectivity index (χ0n) is 14.6. The van der Waals surface area contributed by atoms with Crippen molar-refractivity contribution in [3.8, 4) is 0 Å². The zero-order chi connectivity index (χ0) is 18.7. The maximum absolute atomic E-state index is 13.0. The van der Waals surface area contributed by atoms with Crippen molar-refractivity contribution < 1.29 is 18.3 Å². The van der Waals surface area contributed by atoms with Gasteiger partial charge in [-0.3, -0.25) is 0 Å². The monoisotopic (exact) mass is 374 g/mol. The number of nitrogens with one attached hydrogen (secondary N) is 1. The smallest absolute Gasteiger partial charge is 0.335 e. The van der Waals surface area contributed by atoms with Gasteiger partial charge in [0.15, 0.2) is 0 Å². The van der Waals surface area contributed by atoms with Crippen LogP contribution in [0, 0.1) is 0 Å². The molecule has 0 aliphatic carbocycles. The van der Waals surface area contributed by atoms with Crippen LogP contribution in [0.1, 0.15) is 41.7 Å². The molecule has 0 radical (unpaired) electrons. The molecule has 2 aromatic carbocycles. The second kappa shape index (κ2) is 7.47. The number of carboxylic acids is 1. The number of sulfonamides is 1. The molecule has 0 unspecified atom stereocenters. The third kappa shape index (κ3) is 3.89. The molecule has 3 rings (SSSR count). The minimum Gasteiger partial charge on any atom is -0.478 e. The molecule has 1 aliphatic heterocycles. The Bertz CT molecular complexity index is 891. The Morgan fingerprint density at radius 3 is 2.38 bits per heavy atom. The maximum atomic E-state index is 13.0. The summed E-state index contributed by atoms with van der Waals surface area (Å²) in [6.07, 6.45) is 1.99. The fourth-order valence-electron chi connectivity index (χ4n) is 3.19. The molecule has 1 aliphatic rings. The molecular weight excluding hydrogens is 352 g/mol. The Morgan fingerprint density at radius 2 is 1.77 bits per heavy atom. The van der Waals surface area contributed by atoms with Crippen LogP contribution in [0.5, 0.6) is 0 Å². The normalized spacial score (nSPS) is 15.8. The second-order valence-corrected chi connectivity index (χ2v) is 8.12. The first-order valence-electron chi connectivity index (χ1n) is 8.58. The highest BCUT2D eigenvalue weighted by Gasteiger charge is 2.26. The predicted molar refractivity (Wildman–Crippen MR) is 100 cm³/mol. The molecule has 26 heavy (non-hydrogen) atoms. The van der Waals surface area contributed by atoms with E-state index in [0.29, 0.717) is 5.69 Å². The molecule has 1 atom stereocenters. The summed E-state index contributed by atoms with van der Waals surface area (Å²) in [4.78, 5) is 13.3. The van der Waals surface area contributed by atoms with E-state index in [4.69, 9.17) is 0 Å². The summed E-state index contributed by atoms with van der Waals surface area (Å²) in [5.74, 6) is -1.15. The minimum atomic E-state index is -3.89. The van der Waals surface area contributed by atoms with Crippen molar-refractivity contribution in [1.82, 2.24) is 4.72 Å². The fourth-order valence-corrected chi connectivity index (χ4v) is 4.67. The molecule has 0 spiro atoms. The van der Waals surface area contributed by atoms with Gasteiger partial charge in [-0.15, -0.1) is 0 Å². The van der Waals surface area contributed by atoms with E-state index in [1.807, 2.05) is 35.2 Å². The number of benzene rings is 2. The summed E-state index contributed by atoms with van der Waals surface area (Å²) in [5.41, 5.74) is 1.36. The Labute approximate surface area is 153 Å². The Hall–Kier alpha value is -2.38. The molecule has 6 nitrogen and oxygen atoms in total. The lowest BCUT2D eigenvalue weighted by molar-refractivity contribution is 0.0696. The summed E-state index contributed by atoms with van der Waals surface area (Å²) in [6, 6.07) is 13.1. The van der Waals surface area contributed by atoms with E-state index in [1.54, 1.807) is 13.0 Å². The van der Waals surface area contributed by atoms with Gasteiger partial charge in [-0.1, -0.05) is 30.3 Å². The lowest BCUT2D eigenvalue weighted by Gasteiger charge is -2.23. The fraction of sp³-hybridized carbons (Fsp3) is 0.316. The highest BCUT2D eigenvalue weighted by molar-refractivity contribution is 7.89. The minimum absolute atomic E-state index is 0.0158. The van der Waals surface area contributed by atoms with Crippen LogP contribution in [0.2, 0.25) is 0 Å². The molecule has 7 heteroatoms. The van der Waals surface area contributed by atoms with Crippen molar-refractivity contribution in [1.29, 1.82) is 0 Å². The second-order valence-electron chi connectivity index (χ2n) is 6.44. The molecule has 1 heterocycles. The Kier molecular flexibility index (Phi) is 5.29. The van der Waals surface area contributed by atoms with E-state index >= 15 is 0 Å². The molecule has 0 bridgehead atoms. The first-order chi connectivity index (χ1) is 12.4. The Morgan fingerprint density at radius 1 is 1.12 bits per heavy atom. The quantitative estimate of drug-likeness (QED) is 0.812. The molecule has 2 N–H and O–H groups in total. The van der Waals surface area contributed by atoms with Gasteiger partial charge in [0, 0.05) is 19.1 Å². The average Bonchev–Trinajstić information content (AvgIpc) is 3.16. The van der Waals surface area contributed by atoms with Crippen molar-refractivity contribution in [3.05, 3.63) is 59.7 Å². The lowest BCUT2D eigenvalue weighted by Crippen LogP contribution is -2.29. The molecule has 0 aromatic heterocycles. The summed E-state index contributed by atoms with van der Waals surface area (Å²) in [5, 5.41) is 9.26. The van der Waals surface area contributed by atoms with Crippen molar-refractivity contribution in [2.24, 2.45) is 0 Å². The third-order valence-corrected chi connectivity index (χ3v) is 6.14. The van der Waals surface area contributed by atoms with Crippen molar-refractivity contribution in [2.45, 2.75) is 30.7 Å². The van der Waals surface area contributed by atoms with Gasteiger partial charge in [0.05, 0.1) is 11.3 Å². The predicted octanol–water partition coefficient (Wildman–Crippen LogP) is 3.02. The summed E-state index contributed by atoms with van der Waals surface area (Å²) in [6.45, 7) is 3.30. The van der Waals surface area contributed by atoms with Crippen LogP contribution in [-0.2, 0) is 10.0 Å². The first kappa shape index (κ1) is 18.4. The molecule has 1 saturated heterocycles. The van der Waals surface area contributed by atoms with Crippen LogP contribution in [0.15, 0.2) is 53.4 Å². The van der Waals surface area contributed by atoms with Crippen molar-refractivity contribution in [2.75, 3.05) is 18.0 Å². The standard InChI is InChI=1S/C19H22N2O4S/c1-14(15-7-3-2-4-8-15)20-26(24,25)18-13-16(19(22)23)9-10-17(18)21-11-5-6-12-21/h2-4,7-10,13-14,20H,5-6,11-12H2,1H3,(H,22,23)/t14-/m1/s1. The SMILES string of the molecule is C[C@@H](NS(=O)(=O)c1cc(C(=O)O)ccc1N1CCCC1)c1ccccc1. The van der Waals surface area contributed by atoms with E-state index in [9.17, 15) is 18.3 Å². The number of carboxylic acid groups (broad SMARTS) is 1. The number of carbonyl (C=O) groups is 1. The maximum Gasteiger partial charge on any atom is 0.335 e. The van der Waals surface area contributed by atoms with Crippen molar-refractivity contribution >= 4 is 21.7 Å². The van der Waals surface area contributed by atoms with Crippen LogP contribution in [0.4, 0.5) is 5.69 Å². The first-order valence-corrected chi connectivity index (χ1v) is 10.1. The summed E-state index contributed by atoms with van der Waals surface area (Å²) < 4.78 is 28.7. The van der Waals surface area contributed by atoms with Gasteiger partial charge >= 0.3 is 5.97 Å². The molecule has 0 saturated carbocycles. The number of anilines is 1. The number of aromatic carboxylic acids is 1. The van der Waals surface area contributed by atoms with E-state index in [0.717, 1.165) is 31.5 Å². The van der Waals surface area contributed by atoms with E-state index in [-0.39, 0.29) is 10.5 Å². The molecule has 2 aromatic rings. The average molecular weight is 374 g/mol. The van der Waals surface area contributed by atoms with Crippen LogP contribution < -0.4 is 9.62 Å². The van der Waals surface area contributed by atoms with Gasteiger partial charge in [-0.2, -0.15) is 0 Å². The van der Waals surface area contributed by atoms with Crippen LogP contribution >= 0.6 is 0 Å². The van der Waals surface area contributed by atoms with Gasteiger partial charge < -0.3 is 10.0 Å². The summed E-state index contributed by atoms with van der Waals surface area (Å²) >= 11 is 0. The topological polar surface area (TPSA) is 86.7 Å². The van der Waals surface area contributed by atoms with Gasteiger partial charge in [-0.25, -0.2) is 17.9 Å². The number of hydrogen-bond donors (Lipinski definition) is 2. The molecule has 0 amide bonds. The van der Waals surface area contributed by atoms with Gasteiger partial charge in [0.1, 0.15) is 4.90 Å².